The van der Waals surface area contributed by atoms with Gasteiger partial charge < -0.3 is 14.8 Å². The molecular weight excluding hydrogens is 309 g/mol. The molecule has 1 amide bonds. The number of amides is 1. The number of alkyl halides is 1. The zero-order chi connectivity index (χ0) is 12.3. The van der Waals surface area contributed by atoms with Crippen molar-refractivity contribution in [3.8, 4) is 11.5 Å². The van der Waals surface area contributed by atoms with Crippen LogP contribution in [0.5, 0.6) is 11.5 Å². The molecule has 1 aromatic carbocycles. The Hall–Kier alpha value is -0.940. The minimum atomic E-state index is -0.0968. The van der Waals surface area contributed by atoms with Crippen LogP contribution in [0.3, 0.4) is 0 Å². The van der Waals surface area contributed by atoms with Crippen molar-refractivity contribution in [1.29, 1.82) is 0 Å². The lowest BCUT2D eigenvalue weighted by atomic mass is 10.2. The molecule has 1 aromatic rings. The number of fused-ring (bicyclic) bond motifs is 1. The molecule has 6 heteroatoms. The summed E-state index contributed by atoms with van der Waals surface area (Å²) in [5.41, 5.74) is 0.543. The van der Waals surface area contributed by atoms with Gasteiger partial charge in [-0.25, -0.2) is 0 Å². The number of hydrogen-bond donors (Lipinski definition) is 1. The van der Waals surface area contributed by atoms with E-state index in [4.69, 9.17) is 21.1 Å². The molecule has 2 rings (SSSR count). The molecule has 17 heavy (non-hydrogen) atoms. The Labute approximate surface area is 112 Å². The van der Waals surface area contributed by atoms with Gasteiger partial charge in [0.15, 0.2) is 11.5 Å². The molecule has 0 saturated carbocycles. The number of anilines is 1. The fourth-order valence-corrected chi connectivity index (χ4v) is 2.02. The van der Waals surface area contributed by atoms with Crippen LogP contribution in [0.1, 0.15) is 6.42 Å². The first-order valence-electron chi connectivity index (χ1n) is 5.15. The second-order valence-electron chi connectivity index (χ2n) is 3.46. The van der Waals surface area contributed by atoms with Crippen molar-refractivity contribution >= 4 is 39.1 Å². The predicted molar refractivity (Wildman–Crippen MR) is 69.5 cm³/mol. The molecule has 0 saturated heterocycles. The Kier molecular flexibility index (Phi) is 4.12. The summed E-state index contributed by atoms with van der Waals surface area (Å²) in [5.74, 6) is 1.12. The minimum Gasteiger partial charge on any atom is -0.486 e. The minimum absolute atomic E-state index is 0.0968. The average Bonchev–Trinajstić information content (AvgIpc) is 2.30. The van der Waals surface area contributed by atoms with Crippen LogP contribution in [0.25, 0.3) is 0 Å². The van der Waals surface area contributed by atoms with E-state index in [1.165, 1.54) is 0 Å². The van der Waals surface area contributed by atoms with E-state index in [1.54, 1.807) is 12.1 Å². The number of halogens is 2. The van der Waals surface area contributed by atoms with Crippen LogP contribution in [0.15, 0.2) is 12.1 Å². The molecule has 0 atom stereocenters. The first-order valence-corrected chi connectivity index (χ1v) is 6.65. The summed E-state index contributed by atoms with van der Waals surface area (Å²) in [4.78, 5) is 11.5. The van der Waals surface area contributed by atoms with Gasteiger partial charge in [0.1, 0.15) is 13.2 Å². The van der Waals surface area contributed by atoms with Crippen LogP contribution in [-0.2, 0) is 4.79 Å². The largest absolute Gasteiger partial charge is 0.486 e. The average molecular weight is 321 g/mol. The maximum atomic E-state index is 11.5. The zero-order valence-electron chi connectivity index (χ0n) is 8.96. The van der Waals surface area contributed by atoms with E-state index in [0.717, 1.165) is 0 Å². The normalized spacial score (nSPS) is 13.3. The fraction of sp³-hybridized carbons (Fsp3) is 0.364. The molecule has 1 aliphatic rings. The summed E-state index contributed by atoms with van der Waals surface area (Å²) in [7, 11) is 0. The smallest absolute Gasteiger partial charge is 0.225 e. The number of carbonyl (C=O) groups is 1. The summed E-state index contributed by atoms with van der Waals surface area (Å²) in [6, 6.07) is 3.34. The lowest BCUT2D eigenvalue weighted by molar-refractivity contribution is -0.115. The number of carbonyl (C=O) groups excluding carboxylic acids is 1. The predicted octanol–water partition coefficient (Wildman–Crippen LogP) is 2.83. The highest BCUT2D eigenvalue weighted by Crippen LogP contribution is 2.37. The van der Waals surface area contributed by atoms with Crippen LogP contribution in [0.4, 0.5) is 5.69 Å². The molecule has 0 unspecified atom stereocenters. The molecule has 4 nitrogen and oxygen atoms in total. The monoisotopic (exact) mass is 319 g/mol. The quantitative estimate of drug-likeness (QED) is 0.871. The summed E-state index contributed by atoms with van der Waals surface area (Å²) >= 11 is 9.25. The molecule has 1 N–H and O–H groups in total. The lowest BCUT2D eigenvalue weighted by Gasteiger charge is -2.19. The molecule has 0 aliphatic carbocycles. The van der Waals surface area contributed by atoms with Gasteiger partial charge in [-0.05, 0) is 0 Å². The molecular formula is C11H11BrClNO3. The first kappa shape index (κ1) is 12.5. The van der Waals surface area contributed by atoms with Gasteiger partial charge in [0.2, 0.25) is 5.91 Å². The second kappa shape index (κ2) is 5.60. The third-order valence-corrected chi connectivity index (χ3v) is 2.94. The standard InChI is InChI=1S/C11H11BrClNO3/c12-2-1-11(15)14-8-6-10-9(5-7(8)13)16-3-4-17-10/h5-6H,1-4H2,(H,14,15). The Balaban J connectivity index is 2.19. The van der Waals surface area contributed by atoms with Crippen LogP contribution >= 0.6 is 27.5 Å². The van der Waals surface area contributed by atoms with Crippen molar-refractivity contribution in [2.45, 2.75) is 6.42 Å². The molecule has 0 aromatic heterocycles. The lowest BCUT2D eigenvalue weighted by Crippen LogP contribution is -2.16. The number of nitrogens with one attached hydrogen (secondary N) is 1. The van der Waals surface area contributed by atoms with Crippen LogP contribution in [-0.4, -0.2) is 24.5 Å². The van der Waals surface area contributed by atoms with Gasteiger partial charge in [0.05, 0.1) is 10.7 Å². The Morgan fingerprint density at radius 3 is 2.65 bits per heavy atom. The van der Waals surface area contributed by atoms with Crippen molar-refractivity contribution in [3.63, 3.8) is 0 Å². The van der Waals surface area contributed by atoms with Crippen molar-refractivity contribution in [1.82, 2.24) is 0 Å². The van der Waals surface area contributed by atoms with Crippen LogP contribution in [0, 0.1) is 0 Å². The molecule has 1 aliphatic heterocycles. The van der Waals surface area contributed by atoms with Gasteiger partial charge in [0, 0.05) is 23.9 Å². The molecule has 0 fully saturated rings. The van der Waals surface area contributed by atoms with Crippen LogP contribution < -0.4 is 14.8 Å². The molecule has 92 valence electrons. The SMILES string of the molecule is O=C(CCBr)Nc1cc2c(cc1Cl)OCCO2. The first-order chi connectivity index (χ1) is 8.20. The highest BCUT2D eigenvalue weighted by atomic mass is 79.9. The Morgan fingerprint density at radius 1 is 1.35 bits per heavy atom. The van der Waals surface area contributed by atoms with E-state index < -0.39 is 0 Å². The third kappa shape index (κ3) is 3.04. The summed E-state index contributed by atoms with van der Waals surface area (Å²) in [6.07, 6.45) is 0.394. The molecule has 0 spiro atoms. The maximum absolute atomic E-state index is 11.5. The van der Waals surface area contributed by atoms with Gasteiger partial charge >= 0.3 is 0 Å². The van der Waals surface area contributed by atoms with Crippen molar-refractivity contribution in [2.24, 2.45) is 0 Å². The number of benzene rings is 1. The molecule has 0 bridgehead atoms. The van der Waals surface area contributed by atoms with E-state index in [1.807, 2.05) is 0 Å². The van der Waals surface area contributed by atoms with E-state index in [2.05, 4.69) is 21.2 Å². The Bertz CT molecular complexity index is 439. The zero-order valence-corrected chi connectivity index (χ0v) is 11.3. The van der Waals surface area contributed by atoms with Gasteiger partial charge in [-0.15, -0.1) is 0 Å². The van der Waals surface area contributed by atoms with E-state index >= 15 is 0 Å². The third-order valence-electron chi connectivity index (χ3n) is 2.23. The van der Waals surface area contributed by atoms with E-state index in [0.29, 0.717) is 47.2 Å². The van der Waals surface area contributed by atoms with Gasteiger partial charge in [-0.3, -0.25) is 4.79 Å². The number of rotatable bonds is 3. The Morgan fingerprint density at radius 2 is 2.00 bits per heavy atom. The maximum Gasteiger partial charge on any atom is 0.225 e. The molecule has 1 heterocycles. The van der Waals surface area contributed by atoms with Gasteiger partial charge in [-0.2, -0.15) is 0 Å². The van der Waals surface area contributed by atoms with Crippen molar-refractivity contribution < 1.29 is 14.3 Å². The van der Waals surface area contributed by atoms with Crippen molar-refractivity contribution in [2.75, 3.05) is 23.9 Å². The number of hydrogen-bond acceptors (Lipinski definition) is 3. The van der Waals surface area contributed by atoms with Crippen LogP contribution in [0.2, 0.25) is 5.02 Å². The summed E-state index contributed by atoms with van der Waals surface area (Å²) in [5, 5.41) is 3.78. The van der Waals surface area contributed by atoms with E-state index in [9.17, 15) is 4.79 Å². The van der Waals surface area contributed by atoms with E-state index in [-0.39, 0.29) is 5.91 Å². The molecule has 0 radical (unpaired) electrons. The highest BCUT2D eigenvalue weighted by molar-refractivity contribution is 9.09. The topological polar surface area (TPSA) is 47.6 Å². The fourth-order valence-electron chi connectivity index (χ4n) is 1.46. The van der Waals surface area contributed by atoms with Crippen molar-refractivity contribution in [3.05, 3.63) is 17.2 Å². The second-order valence-corrected chi connectivity index (χ2v) is 4.66. The summed E-state index contributed by atoms with van der Waals surface area (Å²) < 4.78 is 10.8. The highest BCUT2D eigenvalue weighted by Gasteiger charge is 2.16. The number of ether oxygens (including phenoxy) is 2. The summed E-state index contributed by atoms with van der Waals surface area (Å²) in [6.45, 7) is 1.02. The van der Waals surface area contributed by atoms with Gasteiger partial charge in [0.25, 0.3) is 0 Å². The van der Waals surface area contributed by atoms with Gasteiger partial charge in [-0.1, -0.05) is 27.5 Å².